The molecule has 1 N–H and O–H groups in total. The van der Waals surface area contributed by atoms with Gasteiger partial charge in [-0.2, -0.15) is 0 Å². The SMILES string of the molecule is COc1ccc(/C=C/C(=O)NCCN2CCOCC2)cc1.Cl. The number of carbonyl (C=O) groups excluding carboxylic acids is 1. The lowest BCUT2D eigenvalue weighted by atomic mass is 10.2. The Morgan fingerprint density at radius 2 is 2.00 bits per heavy atom. The minimum Gasteiger partial charge on any atom is -0.497 e. The number of nitrogens with one attached hydrogen (secondary N) is 1. The molecule has 22 heavy (non-hydrogen) atoms. The van der Waals surface area contributed by atoms with Crippen molar-refractivity contribution in [2.24, 2.45) is 0 Å². The molecule has 5 nitrogen and oxygen atoms in total. The number of hydrogen-bond donors (Lipinski definition) is 1. The molecule has 1 aliphatic heterocycles. The minimum absolute atomic E-state index is 0. The van der Waals surface area contributed by atoms with Crippen molar-refractivity contribution in [3.8, 4) is 5.75 Å². The molecule has 0 unspecified atom stereocenters. The summed E-state index contributed by atoms with van der Waals surface area (Å²) in [6, 6.07) is 7.57. The van der Waals surface area contributed by atoms with Crippen LogP contribution in [0.3, 0.4) is 0 Å². The predicted molar refractivity (Wildman–Crippen MR) is 89.5 cm³/mol. The summed E-state index contributed by atoms with van der Waals surface area (Å²) in [5, 5.41) is 2.89. The fourth-order valence-electron chi connectivity index (χ4n) is 2.11. The van der Waals surface area contributed by atoms with E-state index in [4.69, 9.17) is 9.47 Å². The van der Waals surface area contributed by atoms with Gasteiger partial charge in [0, 0.05) is 32.3 Å². The average Bonchev–Trinajstić information content (AvgIpc) is 2.54. The third kappa shape index (κ3) is 6.47. The summed E-state index contributed by atoms with van der Waals surface area (Å²) < 4.78 is 10.4. The second-order valence-electron chi connectivity index (χ2n) is 4.85. The second kappa shape index (κ2) is 10.2. The Morgan fingerprint density at radius 3 is 2.64 bits per heavy atom. The molecular formula is C16H23ClN2O3. The monoisotopic (exact) mass is 326 g/mol. The average molecular weight is 327 g/mol. The van der Waals surface area contributed by atoms with Gasteiger partial charge in [-0.1, -0.05) is 12.1 Å². The van der Waals surface area contributed by atoms with Crippen molar-refractivity contribution in [1.82, 2.24) is 10.2 Å². The van der Waals surface area contributed by atoms with E-state index < -0.39 is 0 Å². The van der Waals surface area contributed by atoms with Crippen molar-refractivity contribution in [3.05, 3.63) is 35.9 Å². The van der Waals surface area contributed by atoms with E-state index in [9.17, 15) is 4.79 Å². The number of rotatable bonds is 6. The molecule has 1 aromatic rings. The van der Waals surface area contributed by atoms with Crippen molar-refractivity contribution in [2.75, 3.05) is 46.5 Å². The normalized spacial score (nSPS) is 15.3. The molecule has 0 aliphatic carbocycles. The van der Waals surface area contributed by atoms with Gasteiger partial charge in [-0.15, -0.1) is 12.4 Å². The third-order valence-corrected chi connectivity index (χ3v) is 3.37. The highest BCUT2D eigenvalue weighted by molar-refractivity contribution is 5.91. The summed E-state index contributed by atoms with van der Waals surface area (Å²) in [6.45, 7) is 4.98. The van der Waals surface area contributed by atoms with Gasteiger partial charge < -0.3 is 14.8 Å². The Kier molecular flexibility index (Phi) is 8.58. The van der Waals surface area contributed by atoms with E-state index in [0.717, 1.165) is 44.2 Å². The van der Waals surface area contributed by atoms with Gasteiger partial charge in [-0.3, -0.25) is 9.69 Å². The summed E-state index contributed by atoms with van der Waals surface area (Å²) in [6.07, 6.45) is 3.35. The third-order valence-electron chi connectivity index (χ3n) is 3.37. The van der Waals surface area contributed by atoms with Crippen LogP contribution in [0.5, 0.6) is 5.75 Å². The second-order valence-corrected chi connectivity index (χ2v) is 4.85. The topological polar surface area (TPSA) is 50.8 Å². The van der Waals surface area contributed by atoms with Crippen LogP contribution in [0, 0.1) is 0 Å². The first-order chi connectivity index (χ1) is 10.3. The molecule has 0 saturated carbocycles. The smallest absolute Gasteiger partial charge is 0.244 e. The molecule has 0 aromatic heterocycles. The zero-order valence-corrected chi connectivity index (χ0v) is 13.6. The van der Waals surface area contributed by atoms with Gasteiger partial charge in [0.2, 0.25) is 5.91 Å². The van der Waals surface area contributed by atoms with Crippen molar-refractivity contribution in [1.29, 1.82) is 0 Å². The van der Waals surface area contributed by atoms with Crippen molar-refractivity contribution >= 4 is 24.4 Å². The van der Waals surface area contributed by atoms with Gasteiger partial charge >= 0.3 is 0 Å². The number of benzene rings is 1. The molecule has 122 valence electrons. The molecule has 1 saturated heterocycles. The van der Waals surface area contributed by atoms with Gasteiger partial charge in [0.05, 0.1) is 20.3 Å². The molecule has 0 spiro atoms. The van der Waals surface area contributed by atoms with Gasteiger partial charge in [0.25, 0.3) is 0 Å². The van der Waals surface area contributed by atoms with E-state index in [-0.39, 0.29) is 18.3 Å². The lowest BCUT2D eigenvalue weighted by Crippen LogP contribution is -2.41. The van der Waals surface area contributed by atoms with Crippen molar-refractivity contribution in [2.45, 2.75) is 0 Å². The Hall–Kier alpha value is -1.56. The standard InChI is InChI=1S/C16H22N2O3.ClH/c1-20-15-5-2-14(3-6-15)4-7-16(19)17-8-9-18-10-12-21-13-11-18;/h2-7H,8-13H2,1H3,(H,17,19);1H/b7-4+;. The number of halogens is 1. The van der Waals surface area contributed by atoms with Crippen LogP contribution in [0.15, 0.2) is 30.3 Å². The van der Waals surface area contributed by atoms with Crippen LogP contribution >= 0.6 is 12.4 Å². The Balaban J connectivity index is 0.00000242. The maximum Gasteiger partial charge on any atom is 0.244 e. The van der Waals surface area contributed by atoms with Gasteiger partial charge in [0.15, 0.2) is 0 Å². The van der Waals surface area contributed by atoms with E-state index >= 15 is 0 Å². The zero-order chi connectivity index (χ0) is 14.9. The lowest BCUT2D eigenvalue weighted by molar-refractivity contribution is -0.116. The largest absolute Gasteiger partial charge is 0.497 e. The molecule has 1 heterocycles. The number of carbonyl (C=O) groups is 1. The molecule has 1 fully saturated rings. The van der Waals surface area contributed by atoms with E-state index in [1.165, 1.54) is 0 Å². The summed E-state index contributed by atoms with van der Waals surface area (Å²) in [7, 11) is 1.63. The fourth-order valence-corrected chi connectivity index (χ4v) is 2.11. The highest BCUT2D eigenvalue weighted by atomic mass is 35.5. The molecule has 1 amide bonds. The van der Waals surface area contributed by atoms with E-state index in [1.54, 1.807) is 19.3 Å². The maximum absolute atomic E-state index is 11.7. The number of methoxy groups -OCH3 is 1. The molecule has 6 heteroatoms. The highest BCUT2D eigenvalue weighted by Gasteiger charge is 2.09. The molecule has 0 radical (unpaired) electrons. The van der Waals surface area contributed by atoms with Gasteiger partial charge in [-0.05, 0) is 23.8 Å². The summed E-state index contributed by atoms with van der Waals surface area (Å²) >= 11 is 0. The molecule has 2 rings (SSSR count). The molecule has 0 atom stereocenters. The molecule has 1 aliphatic rings. The van der Waals surface area contributed by atoms with Gasteiger partial charge in [-0.25, -0.2) is 0 Å². The number of amides is 1. The summed E-state index contributed by atoms with van der Waals surface area (Å²) in [5.74, 6) is 0.737. The van der Waals surface area contributed by atoms with Crippen molar-refractivity contribution in [3.63, 3.8) is 0 Å². The first-order valence-corrected chi connectivity index (χ1v) is 7.18. The van der Waals surface area contributed by atoms with Gasteiger partial charge in [0.1, 0.15) is 5.75 Å². The minimum atomic E-state index is -0.0703. The van der Waals surface area contributed by atoms with Crippen LogP contribution in [-0.2, 0) is 9.53 Å². The van der Waals surface area contributed by atoms with E-state index in [0.29, 0.717) is 6.54 Å². The number of nitrogens with zero attached hydrogens (tertiary/aromatic N) is 1. The first kappa shape index (κ1) is 18.5. The van der Waals surface area contributed by atoms with Crippen LogP contribution in [0.4, 0.5) is 0 Å². The quantitative estimate of drug-likeness (QED) is 0.806. The fraction of sp³-hybridized carbons (Fsp3) is 0.438. The molecular weight excluding hydrogens is 304 g/mol. The van der Waals surface area contributed by atoms with E-state index in [1.807, 2.05) is 24.3 Å². The number of morpholine rings is 1. The maximum atomic E-state index is 11.7. The molecule has 0 bridgehead atoms. The van der Waals surface area contributed by atoms with E-state index in [2.05, 4.69) is 10.2 Å². The number of hydrogen-bond acceptors (Lipinski definition) is 4. The molecule has 1 aromatic carbocycles. The number of ether oxygens (including phenoxy) is 2. The first-order valence-electron chi connectivity index (χ1n) is 7.18. The predicted octanol–water partition coefficient (Wildman–Crippen LogP) is 1.58. The lowest BCUT2D eigenvalue weighted by Gasteiger charge is -2.26. The van der Waals surface area contributed by atoms with Crippen LogP contribution < -0.4 is 10.1 Å². The Bertz CT molecular complexity index is 471. The van der Waals surface area contributed by atoms with Crippen LogP contribution in [0.1, 0.15) is 5.56 Å². The van der Waals surface area contributed by atoms with Crippen LogP contribution in [0.25, 0.3) is 6.08 Å². The van der Waals surface area contributed by atoms with Crippen LogP contribution in [-0.4, -0.2) is 57.3 Å². The Morgan fingerprint density at radius 1 is 1.32 bits per heavy atom. The zero-order valence-electron chi connectivity index (χ0n) is 12.8. The summed E-state index contributed by atoms with van der Waals surface area (Å²) in [4.78, 5) is 14.0. The van der Waals surface area contributed by atoms with Crippen molar-refractivity contribution < 1.29 is 14.3 Å². The van der Waals surface area contributed by atoms with Crippen LogP contribution in [0.2, 0.25) is 0 Å². The summed E-state index contributed by atoms with van der Waals surface area (Å²) in [5.41, 5.74) is 0.971. The highest BCUT2D eigenvalue weighted by Crippen LogP contribution is 2.12. The Labute approximate surface area is 137 Å².